The molecule has 0 saturated heterocycles. The Hall–Kier alpha value is -1.81. The van der Waals surface area contributed by atoms with Crippen LogP contribution in [0.2, 0.25) is 0 Å². The Balaban J connectivity index is 1.90. The van der Waals surface area contributed by atoms with Gasteiger partial charge in [-0.3, -0.25) is 9.36 Å². The number of phenols is 1. The summed E-state index contributed by atoms with van der Waals surface area (Å²) in [5, 5.41) is 11.2. The molecule has 1 aromatic carbocycles. The second-order valence-corrected chi connectivity index (χ2v) is 7.22. The second-order valence-electron chi connectivity index (χ2n) is 7.22. The van der Waals surface area contributed by atoms with Gasteiger partial charge in [0.15, 0.2) is 0 Å². The Labute approximate surface area is 128 Å². The topological polar surface area (TPSA) is 68.2 Å². The van der Waals surface area contributed by atoms with Crippen LogP contribution in [-0.4, -0.2) is 21.6 Å². The Bertz CT molecular complexity index is 807. The van der Waals surface area contributed by atoms with Crippen LogP contribution in [0.4, 0.5) is 0 Å². The number of fused-ring (bicyclic) bond motifs is 3. The number of rotatable bonds is 0. The van der Waals surface area contributed by atoms with Crippen LogP contribution in [0.5, 0.6) is 5.75 Å². The molecule has 1 unspecified atom stereocenters. The smallest absolute Gasteiger partial charge is 0.231 e. The van der Waals surface area contributed by atoms with Crippen molar-refractivity contribution in [2.24, 2.45) is 17.6 Å². The maximum atomic E-state index is 12.7. The number of nitrogens with zero attached hydrogens (tertiary/aromatic N) is 1. The zero-order valence-corrected chi connectivity index (χ0v) is 12.5. The lowest BCUT2D eigenvalue weighted by atomic mass is 9.61. The summed E-state index contributed by atoms with van der Waals surface area (Å²) in [5.41, 5.74) is 9.66. The lowest BCUT2D eigenvalue weighted by Gasteiger charge is -2.47. The normalized spacial score (nSPS) is 33.0. The van der Waals surface area contributed by atoms with Crippen molar-refractivity contribution in [3.63, 3.8) is 0 Å². The Kier molecular flexibility index (Phi) is 2.39. The molecule has 1 fully saturated rings. The number of phenolic OH excluding ortho intramolecular Hbond substituents is 1. The largest absolute Gasteiger partial charge is 0.507 e. The molecule has 3 N–H and O–H groups in total. The van der Waals surface area contributed by atoms with Crippen LogP contribution in [0.3, 0.4) is 0 Å². The first-order valence-corrected chi connectivity index (χ1v) is 8.30. The molecule has 5 rings (SSSR count). The second kappa shape index (κ2) is 4.13. The molecule has 1 saturated carbocycles. The molecule has 4 atom stereocenters. The fourth-order valence-electron chi connectivity index (χ4n) is 5.40. The van der Waals surface area contributed by atoms with Crippen molar-refractivity contribution in [2.45, 2.75) is 44.1 Å². The molecular formula is C18H20N2O2. The third-order valence-corrected chi connectivity index (χ3v) is 6.19. The van der Waals surface area contributed by atoms with E-state index in [4.69, 9.17) is 5.73 Å². The first-order chi connectivity index (χ1) is 10.7. The van der Waals surface area contributed by atoms with Crippen LogP contribution in [0.15, 0.2) is 18.2 Å². The lowest BCUT2D eigenvalue weighted by molar-refractivity contribution is 0.0748. The quantitative estimate of drug-likeness (QED) is 0.785. The van der Waals surface area contributed by atoms with E-state index in [-0.39, 0.29) is 17.7 Å². The molecule has 0 spiro atoms. The minimum Gasteiger partial charge on any atom is -0.507 e. The molecule has 4 heteroatoms. The molecule has 4 nitrogen and oxygen atoms in total. The van der Waals surface area contributed by atoms with Gasteiger partial charge in [-0.05, 0) is 48.8 Å². The van der Waals surface area contributed by atoms with E-state index in [9.17, 15) is 9.90 Å². The number of carbonyl (C=O) groups is 1. The summed E-state index contributed by atoms with van der Waals surface area (Å²) >= 11 is 0. The van der Waals surface area contributed by atoms with Crippen LogP contribution >= 0.6 is 0 Å². The molecule has 0 bridgehead atoms. The fourth-order valence-corrected chi connectivity index (χ4v) is 5.40. The predicted octanol–water partition coefficient (Wildman–Crippen LogP) is 2.77. The third-order valence-electron chi connectivity index (χ3n) is 6.19. The highest BCUT2D eigenvalue weighted by Gasteiger charge is 2.48. The van der Waals surface area contributed by atoms with Crippen molar-refractivity contribution in [2.75, 3.05) is 0 Å². The van der Waals surface area contributed by atoms with E-state index in [1.54, 1.807) is 6.07 Å². The van der Waals surface area contributed by atoms with Gasteiger partial charge in [0.25, 0.3) is 0 Å². The van der Waals surface area contributed by atoms with Gasteiger partial charge < -0.3 is 10.8 Å². The predicted molar refractivity (Wildman–Crippen MR) is 84.1 cm³/mol. The first kappa shape index (κ1) is 12.7. The summed E-state index contributed by atoms with van der Waals surface area (Å²) in [6, 6.07) is 5.64. The highest BCUT2D eigenvalue weighted by Crippen LogP contribution is 2.54. The molecule has 1 aromatic heterocycles. The fraction of sp³-hybridized carbons (Fsp3) is 0.500. The van der Waals surface area contributed by atoms with E-state index < -0.39 is 0 Å². The number of benzene rings is 1. The van der Waals surface area contributed by atoms with Crippen molar-refractivity contribution < 1.29 is 9.90 Å². The van der Waals surface area contributed by atoms with Crippen molar-refractivity contribution in [3.05, 3.63) is 29.5 Å². The average Bonchev–Trinajstić information content (AvgIpc) is 2.84. The molecule has 2 aromatic rings. The summed E-state index contributed by atoms with van der Waals surface area (Å²) in [5.74, 6) is 1.80. The molecule has 2 heterocycles. The SMILES string of the molecule is NC1Cc2c3n(c4cccc(O)c24)C(=O)C[C@H]2CCC[C@@H]1[C@@H]32. The van der Waals surface area contributed by atoms with Gasteiger partial charge in [0.05, 0.1) is 5.52 Å². The molecule has 0 amide bonds. The van der Waals surface area contributed by atoms with Crippen LogP contribution in [0.25, 0.3) is 10.9 Å². The maximum Gasteiger partial charge on any atom is 0.231 e. The van der Waals surface area contributed by atoms with Gasteiger partial charge in [-0.15, -0.1) is 0 Å². The van der Waals surface area contributed by atoms with Crippen molar-refractivity contribution in [3.8, 4) is 5.75 Å². The van der Waals surface area contributed by atoms with Crippen molar-refractivity contribution >= 4 is 16.8 Å². The average molecular weight is 296 g/mol. The van der Waals surface area contributed by atoms with E-state index in [1.165, 1.54) is 18.5 Å². The summed E-state index contributed by atoms with van der Waals surface area (Å²) < 4.78 is 1.90. The molecule has 1 aliphatic heterocycles. The molecular weight excluding hydrogens is 276 g/mol. The number of aromatic hydroxyl groups is 1. The standard InChI is InChI=1S/C18H20N2O2/c19-12-8-11-17-13(5-2-6-14(17)21)20-15(22)7-9-3-1-4-10(12)16(9)18(11)20/h2,5-6,9-10,12,16,21H,1,3-4,7-8,19H2/t9-,10+,12?,16+/m1/s1. The minimum atomic E-state index is 0.146. The molecule has 0 radical (unpaired) electrons. The van der Waals surface area contributed by atoms with Gasteiger partial charge in [0, 0.05) is 29.5 Å². The molecule has 2 aliphatic carbocycles. The number of hydrogen-bond acceptors (Lipinski definition) is 3. The van der Waals surface area contributed by atoms with Crippen molar-refractivity contribution in [1.82, 2.24) is 4.57 Å². The Morgan fingerprint density at radius 3 is 2.95 bits per heavy atom. The Morgan fingerprint density at radius 1 is 1.23 bits per heavy atom. The minimum absolute atomic E-state index is 0.146. The highest BCUT2D eigenvalue weighted by atomic mass is 16.3. The van der Waals surface area contributed by atoms with E-state index >= 15 is 0 Å². The lowest BCUT2D eigenvalue weighted by Crippen LogP contribution is -2.47. The van der Waals surface area contributed by atoms with Gasteiger partial charge in [-0.25, -0.2) is 0 Å². The van der Waals surface area contributed by atoms with Crippen molar-refractivity contribution in [1.29, 1.82) is 0 Å². The van der Waals surface area contributed by atoms with Crippen LogP contribution < -0.4 is 5.73 Å². The molecule has 3 aliphatic rings. The Morgan fingerprint density at radius 2 is 2.09 bits per heavy atom. The first-order valence-electron chi connectivity index (χ1n) is 8.30. The zero-order chi connectivity index (χ0) is 15.0. The van der Waals surface area contributed by atoms with Gasteiger partial charge >= 0.3 is 0 Å². The number of carbonyl (C=O) groups excluding carboxylic acids is 1. The summed E-state index contributed by atoms with van der Waals surface area (Å²) in [4.78, 5) is 12.7. The number of hydrogen-bond donors (Lipinski definition) is 2. The molecule has 22 heavy (non-hydrogen) atoms. The maximum absolute atomic E-state index is 12.7. The van der Waals surface area contributed by atoms with E-state index in [1.807, 2.05) is 16.7 Å². The number of nitrogens with two attached hydrogens (primary N) is 1. The third kappa shape index (κ3) is 1.39. The van der Waals surface area contributed by atoms with Crippen LogP contribution in [0.1, 0.15) is 47.7 Å². The van der Waals surface area contributed by atoms with E-state index in [0.29, 0.717) is 24.2 Å². The van der Waals surface area contributed by atoms with E-state index in [2.05, 4.69) is 0 Å². The summed E-state index contributed by atoms with van der Waals surface area (Å²) in [6.07, 6.45) is 4.89. The van der Waals surface area contributed by atoms with E-state index in [0.717, 1.165) is 29.3 Å². The zero-order valence-electron chi connectivity index (χ0n) is 12.5. The molecule has 114 valence electrons. The van der Waals surface area contributed by atoms with Gasteiger partial charge in [-0.1, -0.05) is 12.5 Å². The van der Waals surface area contributed by atoms with Gasteiger partial charge in [0.2, 0.25) is 5.91 Å². The van der Waals surface area contributed by atoms with Gasteiger partial charge in [0.1, 0.15) is 5.75 Å². The van der Waals surface area contributed by atoms with Crippen LogP contribution in [0, 0.1) is 11.8 Å². The highest BCUT2D eigenvalue weighted by molar-refractivity contribution is 6.00. The summed E-state index contributed by atoms with van der Waals surface area (Å²) in [7, 11) is 0. The summed E-state index contributed by atoms with van der Waals surface area (Å²) in [6.45, 7) is 0. The van der Waals surface area contributed by atoms with Crippen LogP contribution in [-0.2, 0) is 6.42 Å². The number of aromatic nitrogens is 1. The van der Waals surface area contributed by atoms with Gasteiger partial charge in [-0.2, -0.15) is 0 Å². The monoisotopic (exact) mass is 296 g/mol.